The van der Waals surface area contributed by atoms with Crippen molar-refractivity contribution in [3.05, 3.63) is 36.0 Å². The SMILES string of the molecule is CC1CN=C(NCCc2cccc3[nH]ccc23)N1. The molecule has 1 aliphatic rings. The van der Waals surface area contributed by atoms with Gasteiger partial charge in [-0.15, -0.1) is 0 Å². The van der Waals surface area contributed by atoms with E-state index < -0.39 is 0 Å². The molecule has 0 amide bonds. The first-order valence-electron chi connectivity index (χ1n) is 6.43. The van der Waals surface area contributed by atoms with Crippen molar-refractivity contribution < 1.29 is 0 Å². The molecule has 1 atom stereocenters. The van der Waals surface area contributed by atoms with Gasteiger partial charge in [0.1, 0.15) is 0 Å². The van der Waals surface area contributed by atoms with Crippen LogP contribution in [-0.2, 0) is 6.42 Å². The third-order valence-corrected chi connectivity index (χ3v) is 3.28. The van der Waals surface area contributed by atoms with E-state index in [-0.39, 0.29) is 0 Å². The molecule has 1 unspecified atom stereocenters. The summed E-state index contributed by atoms with van der Waals surface area (Å²) in [4.78, 5) is 7.63. The van der Waals surface area contributed by atoms with E-state index in [0.717, 1.165) is 25.5 Å². The molecule has 3 rings (SSSR count). The van der Waals surface area contributed by atoms with Crippen LogP contribution in [0, 0.1) is 0 Å². The van der Waals surface area contributed by atoms with Gasteiger partial charge in [-0.25, -0.2) is 0 Å². The number of nitrogens with one attached hydrogen (secondary N) is 3. The van der Waals surface area contributed by atoms with Crippen LogP contribution in [0.3, 0.4) is 0 Å². The Morgan fingerprint density at radius 3 is 3.17 bits per heavy atom. The average Bonchev–Trinajstić information content (AvgIpc) is 2.98. The first-order valence-corrected chi connectivity index (χ1v) is 6.43. The standard InChI is InChI=1S/C14H18N4/c1-10-9-17-14(18-10)16-7-5-11-3-2-4-13-12(11)6-8-15-13/h2-4,6,8,10,15H,5,7,9H2,1H3,(H2,16,17,18). The summed E-state index contributed by atoms with van der Waals surface area (Å²) in [5.41, 5.74) is 2.57. The van der Waals surface area contributed by atoms with Gasteiger partial charge in [-0.2, -0.15) is 0 Å². The van der Waals surface area contributed by atoms with Crippen molar-refractivity contribution in [3.63, 3.8) is 0 Å². The zero-order valence-corrected chi connectivity index (χ0v) is 10.5. The van der Waals surface area contributed by atoms with Crippen LogP contribution in [-0.4, -0.2) is 30.1 Å². The molecule has 1 aromatic carbocycles. The number of hydrogen-bond acceptors (Lipinski definition) is 3. The van der Waals surface area contributed by atoms with Gasteiger partial charge in [0.25, 0.3) is 0 Å². The summed E-state index contributed by atoms with van der Waals surface area (Å²) < 4.78 is 0. The third kappa shape index (κ3) is 2.18. The van der Waals surface area contributed by atoms with Crippen LogP contribution in [0.25, 0.3) is 10.9 Å². The highest BCUT2D eigenvalue weighted by Crippen LogP contribution is 2.17. The zero-order chi connectivity index (χ0) is 12.4. The predicted molar refractivity (Wildman–Crippen MR) is 74.9 cm³/mol. The second kappa shape index (κ2) is 4.72. The normalized spacial score (nSPS) is 18.7. The van der Waals surface area contributed by atoms with Gasteiger partial charge in [0.15, 0.2) is 5.96 Å². The molecule has 0 aliphatic carbocycles. The smallest absolute Gasteiger partial charge is 0.191 e. The number of benzene rings is 1. The first kappa shape index (κ1) is 11.1. The second-order valence-electron chi connectivity index (χ2n) is 4.77. The Labute approximate surface area is 107 Å². The van der Waals surface area contributed by atoms with Gasteiger partial charge in [-0.1, -0.05) is 12.1 Å². The van der Waals surface area contributed by atoms with Crippen LogP contribution in [0.4, 0.5) is 0 Å². The molecule has 1 aromatic heterocycles. The quantitative estimate of drug-likeness (QED) is 0.766. The summed E-state index contributed by atoms with van der Waals surface area (Å²) in [5.74, 6) is 0.934. The monoisotopic (exact) mass is 242 g/mol. The van der Waals surface area contributed by atoms with Crippen LogP contribution in [0.1, 0.15) is 12.5 Å². The number of aromatic amines is 1. The second-order valence-corrected chi connectivity index (χ2v) is 4.77. The molecule has 0 radical (unpaired) electrons. The van der Waals surface area contributed by atoms with Crippen LogP contribution in [0.15, 0.2) is 35.5 Å². The van der Waals surface area contributed by atoms with Gasteiger partial charge in [0.2, 0.25) is 0 Å². The Hall–Kier alpha value is -1.97. The lowest BCUT2D eigenvalue weighted by Gasteiger charge is -2.09. The van der Waals surface area contributed by atoms with E-state index in [2.05, 4.69) is 51.8 Å². The fraction of sp³-hybridized carbons (Fsp3) is 0.357. The van der Waals surface area contributed by atoms with Gasteiger partial charge < -0.3 is 15.6 Å². The topological polar surface area (TPSA) is 52.2 Å². The minimum atomic E-state index is 0.459. The van der Waals surface area contributed by atoms with E-state index in [4.69, 9.17) is 0 Å². The number of hydrogen-bond donors (Lipinski definition) is 3. The lowest BCUT2D eigenvalue weighted by Crippen LogP contribution is -2.38. The number of aliphatic imine (C=N–C) groups is 1. The molecule has 94 valence electrons. The fourth-order valence-corrected chi connectivity index (χ4v) is 2.34. The summed E-state index contributed by atoms with van der Waals surface area (Å²) >= 11 is 0. The molecule has 1 aliphatic heterocycles. The Bertz CT molecular complexity index is 570. The Balaban J connectivity index is 1.61. The number of guanidine groups is 1. The minimum absolute atomic E-state index is 0.459. The van der Waals surface area contributed by atoms with Gasteiger partial charge in [0.05, 0.1) is 6.54 Å². The third-order valence-electron chi connectivity index (χ3n) is 3.28. The van der Waals surface area contributed by atoms with E-state index >= 15 is 0 Å². The van der Waals surface area contributed by atoms with Crippen molar-refractivity contribution in [2.45, 2.75) is 19.4 Å². The maximum atomic E-state index is 4.39. The molecule has 2 aromatic rings. The molecule has 3 N–H and O–H groups in total. The number of nitrogens with zero attached hydrogens (tertiary/aromatic N) is 1. The number of aromatic nitrogens is 1. The molecule has 4 heteroatoms. The Morgan fingerprint density at radius 2 is 2.33 bits per heavy atom. The largest absolute Gasteiger partial charge is 0.361 e. The molecule has 2 heterocycles. The Morgan fingerprint density at radius 1 is 1.39 bits per heavy atom. The lowest BCUT2D eigenvalue weighted by molar-refractivity contribution is 0.712. The first-order chi connectivity index (χ1) is 8.83. The predicted octanol–water partition coefficient (Wildman–Crippen LogP) is 1.65. The summed E-state index contributed by atoms with van der Waals surface area (Å²) in [5, 5.41) is 7.96. The molecule has 0 saturated heterocycles. The van der Waals surface area contributed by atoms with Gasteiger partial charge >= 0.3 is 0 Å². The molecule has 4 nitrogen and oxygen atoms in total. The summed E-state index contributed by atoms with van der Waals surface area (Å²) in [7, 11) is 0. The number of rotatable bonds is 3. The summed E-state index contributed by atoms with van der Waals surface area (Å²) in [6, 6.07) is 8.99. The van der Waals surface area contributed by atoms with Gasteiger partial charge in [-0.05, 0) is 31.0 Å². The molecule has 0 bridgehead atoms. The van der Waals surface area contributed by atoms with Crippen molar-refractivity contribution in [1.82, 2.24) is 15.6 Å². The maximum Gasteiger partial charge on any atom is 0.191 e. The van der Waals surface area contributed by atoms with Crippen LogP contribution >= 0.6 is 0 Å². The molecule has 0 fully saturated rings. The fourth-order valence-electron chi connectivity index (χ4n) is 2.34. The maximum absolute atomic E-state index is 4.39. The highest BCUT2D eigenvalue weighted by atomic mass is 15.2. The van der Waals surface area contributed by atoms with Crippen LogP contribution < -0.4 is 10.6 Å². The van der Waals surface area contributed by atoms with E-state index in [1.165, 1.54) is 16.5 Å². The summed E-state index contributed by atoms with van der Waals surface area (Å²) in [6.45, 7) is 3.91. The number of H-pyrrole nitrogens is 1. The Kier molecular flexibility index (Phi) is 2.92. The van der Waals surface area contributed by atoms with Gasteiger partial charge in [-0.3, -0.25) is 4.99 Å². The van der Waals surface area contributed by atoms with Crippen molar-refractivity contribution in [1.29, 1.82) is 0 Å². The molecule has 0 spiro atoms. The average molecular weight is 242 g/mol. The van der Waals surface area contributed by atoms with Crippen LogP contribution in [0.2, 0.25) is 0 Å². The highest BCUT2D eigenvalue weighted by molar-refractivity contribution is 5.83. The van der Waals surface area contributed by atoms with E-state index in [9.17, 15) is 0 Å². The van der Waals surface area contributed by atoms with Crippen molar-refractivity contribution >= 4 is 16.9 Å². The van der Waals surface area contributed by atoms with Crippen molar-refractivity contribution in [3.8, 4) is 0 Å². The van der Waals surface area contributed by atoms with E-state index in [1.54, 1.807) is 0 Å². The van der Waals surface area contributed by atoms with Crippen LogP contribution in [0.5, 0.6) is 0 Å². The lowest BCUT2D eigenvalue weighted by atomic mass is 10.1. The molecule has 0 saturated carbocycles. The minimum Gasteiger partial charge on any atom is -0.361 e. The van der Waals surface area contributed by atoms with Gasteiger partial charge in [0, 0.05) is 29.7 Å². The van der Waals surface area contributed by atoms with Crippen molar-refractivity contribution in [2.75, 3.05) is 13.1 Å². The molecular weight excluding hydrogens is 224 g/mol. The number of fused-ring (bicyclic) bond motifs is 1. The molecule has 18 heavy (non-hydrogen) atoms. The van der Waals surface area contributed by atoms with Crippen molar-refractivity contribution in [2.24, 2.45) is 4.99 Å². The highest BCUT2D eigenvalue weighted by Gasteiger charge is 2.11. The summed E-state index contributed by atoms with van der Waals surface area (Å²) in [6.07, 6.45) is 3.00. The molecular formula is C14H18N4. The van der Waals surface area contributed by atoms with E-state index in [1.807, 2.05) is 6.20 Å². The zero-order valence-electron chi connectivity index (χ0n) is 10.5. The van der Waals surface area contributed by atoms with E-state index in [0.29, 0.717) is 6.04 Å².